The maximum Gasteiger partial charge on any atom is 0.232 e. The van der Waals surface area contributed by atoms with Crippen LogP contribution in [0.1, 0.15) is 0 Å². The molecule has 0 heterocycles. The van der Waals surface area contributed by atoms with Crippen molar-refractivity contribution in [1.82, 2.24) is 5.32 Å². The number of anilines is 1. The third-order valence-electron chi connectivity index (χ3n) is 1.76. The second-order valence-electron chi connectivity index (χ2n) is 2.85. The number of amides is 1. The first-order chi connectivity index (χ1) is 7.04. The highest BCUT2D eigenvalue weighted by molar-refractivity contribution is 7.86. The van der Waals surface area contributed by atoms with Gasteiger partial charge in [0.15, 0.2) is 0 Å². The Bertz CT molecular complexity index is 409. The Labute approximate surface area is 89.1 Å². The first kappa shape index (κ1) is 11.6. The lowest BCUT2D eigenvalue weighted by Gasteiger charge is -2.04. The molecular formula is C9H11FN2O2S. The van der Waals surface area contributed by atoms with Crippen LogP contribution in [0.5, 0.6) is 0 Å². The lowest BCUT2D eigenvalue weighted by atomic mass is 10.3. The van der Waals surface area contributed by atoms with Gasteiger partial charge in [-0.1, -0.05) is 0 Å². The summed E-state index contributed by atoms with van der Waals surface area (Å²) in [6.07, 6.45) is 0. The van der Waals surface area contributed by atoms with E-state index in [9.17, 15) is 13.4 Å². The van der Waals surface area contributed by atoms with Crippen LogP contribution < -0.4 is 11.1 Å². The molecule has 0 saturated heterocycles. The lowest BCUT2D eigenvalue weighted by molar-refractivity contribution is -0.118. The van der Waals surface area contributed by atoms with Gasteiger partial charge in [-0.3, -0.25) is 9.00 Å². The number of rotatable bonds is 3. The highest BCUT2D eigenvalue weighted by Gasteiger charge is 2.12. The van der Waals surface area contributed by atoms with Crippen molar-refractivity contribution < 1.29 is 13.4 Å². The largest absolute Gasteiger partial charge is 0.398 e. The van der Waals surface area contributed by atoms with Crippen molar-refractivity contribution in [2.75, 3.05) is 18.5 Å². The molecule has 0 fully saturated rings. The normalized spacial score (nSPS) is 12.1. The predicted octanol–water partition coefficient (Wildman–Crippen LogP) is 0.261. The van der Waals surface area contributed by atoms with Gasteiger partial charge >= 0.3 is 0 Å². The minimum atomic E-state index is -1.61. The molecule has 15 heavy (non-hydrogen) atoms. The Kier molecular flexibility index (Phi) is 3.79. The number of hydrogen-bond donors (Lipinski definition) is 2. The van der Waals surface area contributed by atoms with Crippen molar-refractivity contribution in [3.8, 4) is 0 Å². The topological polar surface area (TPSA) is 72.2 Å². The molecule has 1 aromatic carbocycles. The molecule has 0 bridgehead atoms. The fourth-order valence-electron chi connectivity index (χ4n) is 0.974. The van der Waals surface area contributed by atoms with Gasteiger partial charge in [0.05, 0.1) is 15.7 Å². The Morgan fingerprint density at radius 1 is 1.60 bits per heavy atom. The van der Waals surface area contributed by atoms with E-state index in [-0.39, 0.29) is 22.2 Å². The number of nitrogens with one attached hydrogen (secondary N) is 1. The number of halogens is 1. The number of carbonyl (C=O) groups is 1. The zero-order valence-corrected chi connectivity index (χ0v) is 8.94. The van der Waals surface area contributed by atoms with Crippen LogP contribution in [0.15, 0.2) is 23.1 Å². The highest BCUT2D eigenvalue weighted by atomic mass is 32.2. The van der Waals surface area contributed by atoms with Gasteiger partial charge in [0, 0.05) is 12.7 Å². The molecule has 0 radical (unpaired) electrons. The summed E-state index contributed by atoms with van der Waals surface area (Å²) in [7, 11) is -0.173. The molecule has 0 aliphatic carbocycles. The number of carbonyl (C=O) groups excluding carboxylic acids is 1. The SMILES string of the molecule is CNC(=O)CS(=O)c1cc(F)ccc1N. The predicted molar refractivity (Wildman–Crippen MR) is 56.2 cm³/mol. The molecule has 0 aliphatic rings. The maximum atomic E-state index is 12.8. The van der Waals surface area contributed by atoms with Gasteiger partial charge in [0.25, 0.3) is 0 Å². The third-order valence-corrected chi connectivity index (χ3v) is 3.13. The standard InChI is InChI=1S/C9H11FN2O2S/c1-12-9(13)5-15(14)8-4-6(10)2-3-7(8)11/h2-4H,5,11H2,1H3,(H,12,13). The van der Waals surface area contributed by atoms with Crippen molar-refractivity contribution in [3.05, 3.63) is 24.0 Å². The van der Waals surface area contributed by atoms with Crippen molar-refractivity contribution in [3.63, 3.8) is 0 Å². The Morgan fingerprint density at radius 3 is 2.87 bits per heavy atom. The minimum absolute atomic E-state index is 0.151. The molecule has 1 rings (SSSR count). The minimum Gasteiger partial charge on any atom is -0.398 e. The van der Waals surface area contributed by atoms with Crippen LogP contribution >= 0.6 is 0 Å². The number of hydrogen-bond acceptors (Lipinski definition) is 3. The Balaban J connectivity index is 2.91. The molecule has 0 aliphatic heterocycles. The van der Waals surface area contributed by atoms with E-state index in [0.717, 1.165) is 6.07 Å². The molecule has 1 amide bonds. The summed E-state index contributed by atoms with van der Waals surface area (Å²) >= 11 is 0. The van der Waals surface area contributed by atoms with Crippen LogP contribution in [0.4, 0.5) is 10.1 Å². The molecule has 82 valence electrons. The molecule has 1 unspecified atom stereocenters. The van der Waals surface area contributed by atoms with Crippen LogP contribution in [0.25, 0.3) is 0 Å². The molecule has 0 aromatic heterocycles. The second-order valence-corrected chi connectivity index (χ2v) is 4.26. The molecule has 0 spiro atoms. The average Bonchev–Trinajstić information content (AvgIpc) is 2.21. The van der Waals surface area contributed by atoms with Gasteiger partial charge in [0.1, 0.15) is 11.6 Å². The zero-order valence-electron chi connectivity index (χ0n) is 8.12. The number of nitrogens with two attached hydrogens (primary N) is 1. The third kappa shape index (κ3) is 3.02. The summed E-state index contributed by atoms with van der Waals surface area (Å²) in [6.45, 7) is 0. The van der Waals surface area contributed by atoms with E-state index in [0.29, 0.717) is 0 Å². The summed E-state index contributed by atoms with van der Waals surface area (Å²) in [6, 6.07) is 3.58. The molecule has 4 nitrogen and oxygen atoms in total. The smallest absolute Gasteiger partial charge is 0.232 e. The van der Waals surface area contributed by atoms with Gasteiger partial charge in [0.2, 0.25) is 5.91 Å². The number of benzene rings is 1. The van der Waals surface area contributed by atoms with Gasteiger partial charge in [-0.2, -0.15) is 0 Å². The van der Waals surface area contributed by atoms with E-state index < -0.39 is 16.6 Å². The molecule has 1 atom stereocenters. The fraction of sp³-hybridized carbons (Fsp3) is 0.222. The summed E-state index contributed by atoms with van der Waals surface area (Å²) in [5, 5.41) is 2.33. The van der Waals surface area contributed by atoms with E-state index >= 15 is 0 Å². The molecule has 3 N–H and O–H groups in total. The number of nitrogen functional groups attached to an aromatic ring is 1. The maximum absolute atomic E-state index is 12.8. The van der Waals surface area contributed by atoms with Gasteiger partial charge in [-0.25, -0.2) is 4.39 Å². The van der Waals surface area contributed by atoms with Crippen molar-refractivity contribution in [1.29, 1.82) is 0 Å². The molecular weight excluding hydrogens is 219 g/mol. The van der Waals surface area contributed by atoms with Crippen LogP contribution in [0, 0.1) is 5.82 Å². The summed E-state index contributed by atoms with van der Waals surface area (Å²) in [5.74, 6) is -1.12. The van der Waals surface area contributed by atoms with Gasteiger partial charge in [-0.05, 0) is 18.2 Å². The Morgan fingerprint density at radius 2 is 2.27 bits per heavy atom. The van der Waals surface area contributed by atoms with Crippen molar-refractivity contribution >= 4 is 22.4 Å². The molecule has 6 heteroatoms. The van der Waals surface area contributed by atoms with E-state index in [1.54, 1.807) is 0 Å². The lowest BCUT2D eigenvalue weighted by Crippen LogP contribution is -2.24. The van der Waals surface area contributed by atoms with E-state index in [1.165, 1.54) is 19.2 Å². The zero-order chi connectivity index (χ0) is 11.4. The highest BCUT2D eigenvalue weighted by Crippen LogP contribution is 2.17. The fourth-order valence-corrected chi connectivity index (χ4v) is 2.09. The second kappa shape index (κ2) is 4.88. The van der Waals surface area contributed by atoms with E-state index in [1.807, 2.05) is 0 Å². The first-order valence-electron chi connectivity index (χ1n) is 4.18. The monoisotopic (exact) mass is 230 g/mol. The van der Waals surface area contributed by atoms with Crippen LogP contribution in [-0.4, -0.2) is 22.9 Å². The first-order valence-corrected chi connectivity index (χ1v) is 5.50. The average molecular weight is 230 g/mol. The van der Waals surface area contributed by atoms with Crippen LogP contribution in [-0.2, 0) is 15.6 Å². The van der Waals surface area contributed by atoms with E-state index in [4.69, 9.17) is 5.73 Å². The molecule has 0 saturated carbocycles. The molecule has 1 aromatic rings. The van der Waals surface area contributed by atoms with Crippen LogP contribution in [0.3, 0.4) is 0 Å². The summed E-state index contributed by atoms with van der Waals surface area (Å²) in [5.41, 5.74) is 5.74. The summed E-state index contributed by atoms with van der Waals surface area (Å²) < 4.78 is 24.4. The van der Waals surface area contributed by atoms with Crippen molar-refractivity contribution in [2.24, 2.45) is 0 Å². The Hall–Kier alpha value is -1.43. The van der Waals surface area contributed by atoms with Gasteiger partial charge < -0.3 is 11.1 Å². The summed E-state index contributed by atoms with van der Waals surface area (Å²) in [4.78, 5) is 11.1. The van der Waals surface area contributed by atoms with Crippen LogP contribution in [0.2, 0.25) is 0 Å². The quantitative estimate of drug-likeness (QED) is 0.732. The van der Waals surface area contributed by atoms with Gasteiger partial charge in [-0.15, -0.1) is 0 Å². The van der Waals surface area contributed by atoms with E-state index in [2.05, 4.69) is 5.32 Å². The van der Waals surface area contributed by atoms with Crippen molar-refractivity contribution in [2.45, 2.75) is 4.90 Å².